The Morgan fingerprint density at radius 2 is 1.00 bits per heavy atom. The number of sulfone groups is 1. The van der Waals surface area contributed by atoms with Gasteiger partial charge in [-0.3, -0.25) is 0 Å². The highest BCUT2D eigenvalue weighted by Crippen LogP contribution is 2.36. The van der Waals surface area contributed by atoms with Gasteiger partial charge < -0.3 is 0 Å². The van der Waals surface area contributed by atoms with Gasteiger partial charge in [0.1, 0.15) is 0 Å². The highest BCUT2D eigenvalue weighted by molar-refractivity contribution is 7.92. The van der Waals surface area contributed by atoms with Gasteiger partial charge in [0.2, 0.25) is 0 Å². The summed E-state index contributed by atoms with van der Waals surface area (Å²) < 4.78 is 25.8. The van der Waals surface area contributed by atoms with Crippen LogP contribution in [-0.2, 0) is 9.84 Å². The van der Waals surface area contributed by atoms with Gasteiger partial charge in [0.05, 0.1) is 21.3 Å². The number of halogens is 2. The molecule has 4 unspecified atom stereocenters. The van der Waals surface area contributed by atoms with Crippen LogP contribution in [0, 0.1) is 0 Å². The molecule has 0 aromatic heterocycles. The molecule has 0 spiro atoms. The normalized spacial score (nSPS) is 17.2. The number of hydrogen-bond donors (Lipinski definition) is 0. The lowest BCUT2D eigenvalue weighted by Crippen LogP contribution is -2.33. The summed E-state index contributed by atoms with van der Waals surface area (Å²) >= 11 is 12.8. The minimum absolute atomic E-state index is 0.608. The second-order valence-corrected chi connectivity index (χ2v) is 9.23. The number of hydrogen-bond acceptors (Lipinski definition) is 2. The highest BCUT2D eigenvalue weighted by Gasteiger charge is 2.37. The third kappa shape index (κ3) is 4.09. The Balaban J connectivity index is 2.23. The quantitative estimate of drug-likeness (QED) is 0.659. The zero-order valence-electron chi connectivity index (χ0n) is 13.1. The lowest BCUT2D eigenvalue weighted by atomic mass is 10.1. The van der Waals surface area contributed by atoms with Gasteiger partial charge in [-0.2, -0.15) is 0 Å². The average Bonchev–Trinajstić information content (AvgIpc) is 2.60. The second kappa shape index (κ2) is 7.69. The molecule has 124 valence electrons. The van der Waals surface area contributed by atoms with Crippen molar-refractivity contribution in [3.8, 4) is 0 Å². The molecule has 5 heteroatoms. The smallest absolute Gasteiger partial charge is 0.159 e. The van der Waals surface area contributed by atoms with Crippen molar-refractivity contribution in [1.29, 1.82) is 0 Å². The maximum absolute atomic E-state index is 12.9. The van der Waals surface area contributed by atoms with E-state index in [9.17, 15) is 8.42 Å². The van der Waals surface area contributed by atoms with Crippen LogP contribution in [0.25, 0.3) is 0 Å². The molecule has 0 bridgehead atoms. The van der Waals surface area contributed by atoms with Gasteiger partial charge in [-0.25, -0.2) is 8.42 Å². The van der Waals surface area contributed by atoms with Crippen molar-refractivity contribution in [2.24, 2.45) is 0 Å². The van der Waals surface area contributed by atoms with Crippen molar-refractivity contribution in [2.75, 3.05) is 0 Å². The van der Waals surface area contributed by atoms with E-state index < -0.39 is 31.1 Å². The lowest BCUT2D eigenvalue weighted by molar-refractivity contribution is 0.565. The first-order valence-corrected chi connectivity index (χ1v) is 9.94. The van der Waals surface area contributed by atoms with Gasteiger partial charge in [0.15, 0.2) is 9.84 Å². The average molecular weight is 371 g/mol. The fourth-order valence-electron chi connectivity index (χ4n) is 2.49. The summed E-state index contributed by atoms with van der Waals surface area (Å²) in [6.45, 7) is 3.29. The van der Waals surface area contributed by atoms with Crippen LogP contribution in [0.1, 0.15) is 35.7 Å². The molecule has 0 saturated carbocycles. The molecule has 2 rings (SSSR count). The molecular formula is C18H20Cl2O2S. The molecule has 0 heterocycles. The van der Waals surface area contributed by atoms with Crippen LogP contribution in [0.2, 0.25) is 0 Å². The van der Waals surface area contributed by atoms with Gasteiger partial charge >= 0.3 is 0 Å². The van der Waals surface area contributed by atoms with Crippen molar-refractivity contribution < 1.29 is 8.42 Å². The van der Waals surface area contributed by atoms with E-state index in [1.807, 2.05) is 60.7 Å². The molecular weight excluding hydrogens is 351 g/mol. The van der Waals surface area contributed by atoms with Crippen LogP contribution < -0.4 is 0 Å². The molecule has 2 aromatic rings. The number of benzene rings is 2. The molecule has 0 fully saturated rings. The van der Waals surface area contributed by atoms with E-state index >= 15 is 0 Å². The largest absolute Gasteiger partial charge is 0.228 e. The summed E-state index contributed by atoms with van der Waals surface area (Å²) in [6.07, 6.45) is 0. The van der Waals surface area contributed by atoms with Crippen molar-refractivity contribution in [1.82, 2.24) is 0 Å². The van der Waals surface area contributed by atoms with E-state index in [2.05, 4.69) is 0 Å². The number of rotatable bonds is 6. The number of alkyl halides is 2. The molecule has 2 nitrogen and oxygen atoms in total. The zero-order chi connectivity index (χ0) is 17.0. The van der Waals surface area contributed by atoms with Crippen LogP contribution in [0.5, 0.6) is 0 Å². The molecule has 0 aliphatic rings. The first-order valence-electron chi connectivity index (χ1n) is 7.46. The van der Waals surface area contributed by atoms with Crippen LogP contribution in [0.3, 0.4) is 0 Å². The summed E-state index contributed by atoms with van der Waals surface area (Å²) in [7, 11) is -3.50. The predicted molar refractivity (Wildman–Crippen MR) is 97.9 cm³/mol. The van der Waals surface area contributed by atoms with E-state index in [-0.39, 0.29) is 0 Å². The molecule has 0 radical (unpaired) electrons. The molecule has 4 atom stereocenters. The third-order valence-electron chi connectivity index (χ3n) is 4.10. The first-order chi connectivity index (χ1) is 10.9. The maximum Gasteiger partial charge on any atom is 0.159 e. The lowest BCUT2D eigenvalue weighted by Gasteiger charge is -2.25. The Hall–Kier alpha value is -1.03. The Kier molecular flexibility index (Phi) is 6.12. The van der Waals surface area contributed by atoms with Crippen LogP contribution >= 0.6 is 23.2 Å². The Morgan fingerprint density at radius 1 is 0.696 bits per heavy atom. The van der Waals surface area contributed by atoms with Crippen molar-refractivity contribution in [2.45, 2.75) is 35.1 Å². The summed E-state index contributed by atoms with van der Waals surface area (Å²) in [4.78, 5) is 0. The fraction of sp³-hybridized carbons (Fsp3) is 0.333. The molecule has 0 amide bonds. The van der Waals surface area contributed by atoms with Crippen LogP contribution in [0.15, 0.2) is 60.7 Å². The minimum atomic E-state index is -3.50. The minimum Gasteiger partial charge on any atom is -0.228 e. The van der Waals surface area contributed by atoms with E-state index in [4.69, 9.17) is 23.2 Å². The SMILES string of the molecule is CC(C(Cl)c1ccccc1)S(=O)(=O)C(C)C(Cl)c1ccccc1. The first kappa shape index (κ1) is 18.3. The van der Waals surface area contributed by atoms with Gasteiger partial charge in [0.25, 0.3) is 0 Å². The van der Waals surface area contributed by atoms with Gasteiger partial charge in [-0.15, -0.1) is 23.2 Å². The van der Waals surface area contributed by atoms with E-state index in [0.29, 0.717) is 0 Å². The highest BCUT2D eigenvalue weighted by atomic mass is 35.5. The Morgan fingerprint density at radius 3 is 1.30 bits per heavy atom. The summed E-state index contributed by atoms with van der Waals surface area (Å²) in [6, 6.07) is 18.5. The topological polar surface area (TPSA) is 34.1 Å². The van der Waals surface area contributed by atoms with Crippen molar-refractivity contribution >= 4 is 33.0 Å². The molecule has 0 N–H and O–H groups in total. The summed E-state index contributed by atoms with van der Waals surface area (Å²) in [5.41, 5.74) is 1.59. The Bertz CT molecular complexity index is 660. The second-order valence-electron chi connectivity index (χ2n) is 5.62. The van der Waals surface area contributed by atoms with E-state index in [1.54, 1.807) is 13.8 Å². The Labute approximate surface area is 148 Å². The maximum atomic E-state index is 12.9. The fourth-order valence-corrected chi connectivity index (χ4v) is 5.30. The van der Waals surface area contributed by atoms with E-state index in [0.717, 1.165) is 11.1 Å². The molecule has 0 saturated heterocycles. The summed E-state index contributed by atoms with van der Waals surface area (Å²) in [5.74, 6) is 0. The van der Waals surface area contributed by atoms with Gasteiger partial charge in [-0.1, -0.05) is 60.7 Å². The van der Waals surface area contributed by atoms with Gasteiger partial charge in [-0.05, 0) is 25.0 Å². The molecule has 0 aliphatic carbocycles. The van der Waals surface area contributed by atoms with Gasteiger partial charge in [0, 0.05) is 0 Å². The van der Waals surface area contributed by atoms with E-state index in [1.165, 1.54) is 0 Å². The summed E-state index contributed by atoms with van der Waals surface area (Å²) in [5, 5.41) is -2.68. The zero-order valence-corrected chi connectivity index (χ0v) is 15.4. The van der Waals surface area contributed by atoms with Crippen LogP contribution in [0.4, 0.5) is 0 Å². The van der Waals surface area contributed by atoms with Crippen molar-refractivity contribution in [3.05, 3.63) is 71.8 Å². The molecule has 0 aliphatic heterocycles. The predicted octanol–water partition coefficient (Wildman–Crippen LogP) is 5.14. The molecule has 23 heavy (non-hydrogen) atoms. The van der Waals surface area contributed by atoms with Crippen LogP contribution in [-0.4, -0.2) is 18.9 Å². The van der Waals surface area contributed by atoms with Crippen molar-refractivity contribution in [3.63, 3.8) is 0 Å². The monoisotopic (exact) mass is 370 g/mol. The standard InChI is InChI=1S/C18H20Cl2O2S/c1-13(17(19)15-9-5-3-6-10-15)23(21,22)14(2)18(20)16-11-7-4-8-12-16/h3-14,17-18H,1-2H3. The molecule has 2 aromatic carbocycles. The third-order valence-corrected chi connectivity index (χ3v) is 8.27.